The van der Waals surface area contributed by atoms with Gasteiger partial charge in [-0.15, -0.1) is 0 Å². The van der Waals surface area contributed by atoms with Gasteiger partial charge in [0.05, 0.1) is 0 Å². The lowest BCUT2D eigenvalue weighted by Crippen LogP contribution is -2.93. The molecule has 0 aliphatic heterocycles. The predicted octanol–water partition coefficient (Wildman–Crippen LogP) is 2.28. The van der Waals surface area contributed by atoms with Gasteiger partial charge < -0.3 is 10.6 Å². The van der Waals surface area contributed by atoms with E-state index in [1.807, 2.05) is 6.92 Å². The summed E-state index contributed by atoms with van der Waals surface area (Å²) in [5.74, 6) is 1.24. The smallest absolute Gasteiger partial charge is 0.277 e. The van der Waals surface area contributed by atoms with Crippen molar-refractivity contribution in [3.8, 4) is 0 Å². The summed E-state index contributed by atoms with van der Waals surface area (Å²) in [6, 6.07) is 9.13. The molecule has 0 unspecified atom stereocenters. The van der Waals surface area contributed by atoms with Gasteiger partial charge in [0.25, 0.3) is 5.91 Å². The average Bonchev–Trinajstić information content (AvgIpc) is 2.43. The van der Waals surface area contributed by atoms with Crippen LogP contribution in [0.2, 0.25) is 0 Å². The lowest BCUT2D eigenvalue weighted by atomic mass is 9.93. The van der Waals surface area contributed by atoms with Gasteiger partial charge in [-0.25, -0.2) is 0 Å². The second kappa shape index (κ2) is 8.18. The second-order valence-corrected chi connectivity index (χ2v) is 6.70. The Balaban J connectivity index is 2.83. The third kappa shape index (κ3) is 5.50. The summed E-state index contributed by atoms with van der Waals surface area (Å²) >= 11 is 0. The van der Waals surface area contributed by atoms with E-state index >= 15 is 0 Å². The van der Waals surface area contributed by atoms with E-state index in [1.165, 1.54) is 11.1 Å². The molecule has 0 saturated carbocycles. The van der Waals surface area contributed by atoms with Crippen LogP contribution in [0.1, 0.15) is 51.8 Å². The zero-order valence-electron chi connectivity index (χ0n) is 14.3. The number of amides is 1. The van der Waals surface area contributed by atoms with Crippen LogP contribution in [0, 0.1) is 11.8 Å². The first-order valence-corrected chi connectivity index (χ1v) is 8.00. The Morgan fingerprint density at radius 3 is 2.10 bits per heavy atom. The van der Waals surface area contributed by atoms with Crippen LogP contribution < -0.4 is 10.6 Å². The van der Waals surface area contributed by atoms with E-state index in [1.54, 1.807) is 7.05 Å². The van der Waals surface area contributed by atoms with Gasteiger partial charge >= 0.3 is 0 Å². The van der Waals surface area contributed by atoms with Gasteiger partial charge in [-0.05, 0) is 24.8 Å². The summed E-state index contributed by atoms with van der Waals surface area (Å²) in [6.45, 7) is 10.9. The summed E-state index contributed by atoms with van der Waals surface area (Å²) < 4.78 is 0. The molecule has 0 aromatic heterocycles. The fraction of sp³-hybridized carbons (Fsp3) is 0.611. The molecule has 0 radical (unpaired) electrons. The highest BCUT2D eigenvalue weighted by Gasteiger charge is 2.25. The van der Waals surface area contributed by atoms with Crippen LogP contribution in [-0.4, -0.2) is 19.0 Å². The Morgan fingerprint density at radius 1 is 1.10 bits per heavy atom. The number of carbonyl (C=O) groups is 1. The van der Waals surface area contributed by atoms with Crippen LogP contribution in [0.25, 0.3) is 0 Å². The fourth-order valence-electron chi connectivity index (χ4n) is 2.69. The molecular weight excluding hydrogens is 260 g/mol. The largest absolute Gasteiger partial charge is 0.354 e. The molecule has 0 bridgehead atoms. The minimum Gasteiger partial charge on any atom is -0.354 e. The topological polar surface area (TPSA) is 45.7 Å². The van der Waals surface area contributed by atoms with Crippen LogP contribution in [-0.2, 0) is 11.2 Å². The first-order chi connectivity index (χ1) is 9.85. The molecule has 0 heterocycles. The molecule has 3 heteroatoms. The van der Waals surface area contributed by atoms with Crippen molar-refractivity contribution in [1.82, 2.24) is 5.32 Å². The molecule has 1 amide bonds. The summed E-state index contributed by atoms with van der Waals surface area (Å²) in [4.78, 5) is 11.7. The van der Waals surface area contributed by atoms with Crippen LogP contribution in [0.15, 0.2) is 24.3 Å². The van der Waals surface area contributed by atoms with E-state index in [9.17, 15) is 4.79 Å². The number of hydrogen-bond acceptors (Lipinski definition) is 1. The van der Waals surface area contributed by atoms with Crippen LogP contribution in [0.4, 0.5) is 0 Å². The summed E-state index contributed by atoms with van der Waals surface area (Å²) in [7, 11) is 1.69. The van der Waals surface area contributed by atoms with Gasteiger partial charge in [0.2, 0.25) is 0 Å². The van der Waals surface area contributed by atoms with Gasteiger partial charge in [-0.2, -0.15) is 0 Å². The van der Waals surface area contributed by atoms with Crippen molar-refractivity contribution in [2.24, 2.45) is 11.8 Å². The van der Waals surface area contributed by atoms with Gasteiger partial charge in [-0.1, -0.05) is 52.0 Å². The molecule has 0 saturated heterocycles. The van der Waals surface area contributed by atoms with Crippen molar-refractivity contribution in [1.29, 1.82) is 0 Å². The molecule has 118 valence electrons. The highest BCUT2D eigenvalue weighted by molar-refractivity contribution is 5.79. The maximum absolute atomic E-state index is 11.7. The SMILES string of the molecule is CNC(=O)[C@H](C)[NH2+][C@H](c1ccc(CC(C)C)cc1)C(C)C. The lowest BCUT2D eigenvalue weighted by molar-refractivity contribution is -0.719. The Labute approximate surface area is 129 Å². The van der Waals surface area contributed by atoms with Crippen molar-refractivity contribution < 1.29 is 10.1 Å². The van der Waals surface area contributed by atoms with E-state index in [2.05, 4.69) is 62.6 Å². The molecule has 1 rings (SSSR count). The molecule has 3 nitrogen and oxygen atoms in total. The predicted molar refractivity (Wildman–Crippen MR) is 88.0 cm³/mol. The molecule has 0 aliphatic carbocycles. The molecule has 0 spiro atoms. The number of nitrogens with one attached hydrogen (secondary N) is 1. The van der Waals surface area contributed by atoms with Crippen LogP contribution in [0.5, 0.6) is 0 Å². The van der Waals surface area contributed by atoms with Crippen molar-refractivity contribution in [3.63, 3.8) is 0 Å². The minimum absolute atomic E-state index is 0.0715. The number of carbonyl (C=O) groups excluding carboxylic acids is 1. The first kappa shape index (κ1) is 17.7. The summed E-state index contributed by atoms with van der Waals surface area (Å²) in [6.07, 6.45) is 1.12. The van der Waals surface area contributed by atoms with Crippen LogP contribution >= 0.6 is 0 Å². The summed E-state index contributed by atoms with van der Waals surface area (Å²) in [5, 5.41) is 4.89. The number of rotatable bonds is 7. The second-order valence-electron chi connectivity index (χ2n) is 6.70. The van der Waals surface area contributed by atoms with Crippen LogP contribution in [0.3, 0.4) is 0 Å². The minimum atomic E-state index is -0.0715. The number of hydrogen-bond donors (Lipinski definition) is 2. The van der Waals surface area contributed by atoms with Gasteiger partial charge in [0.1, 0.15) is 6.04 Å². The van der Waals surface area contributed by atoms with E-state index in [0.717, 1.165) is 6.42 Å². The van der Waals surface area contributed by atoms with Gasteiger partial charge in [0, 0.05) is 18.5 Å². The molecule has 1 aromatic carbocycles. The Morgan fingerprint density at radius 2 is 1.67 bits per heavy atom. The monoisotopic (exact) mass is 291 g/mol. The standard InChI is InChI=1S/C18H30N2O/c1-12(2)11-15-7-9-16(10-8-15)17(13(3)4)20-14(5)18(21)19-6/h7-10,12-14,17,20H,11H2,1-6H3,(H,19,21)/p+1/t14-,17-/m0/s1. The lowest BCUT2D eigenvalue weighted by Gasteiger charge is -2.23. The average molecular weight is 291 g/mol. The Bertz CT molecular complexity index is 437. The van der Waals surface area contributed by atoms with E-state index in [4.69, 9.17) is 0 Å². The highest BCUT2D eigenvalue weighted by Crippen LogP contribution is 2.19. The maximum Gasteiger partial charge on any atom is 0.277 e. The Kier molecular flexibility index (Phi) is 6.90. The van der Waals surface area contributed by atoms with Gasteiger partial charge in [-0.3, -0.25) is 4.79 Å². The van der Waals surface area contributed by atoms with E-state index < -0.39 is 0 Å². The maximum atomic E-state index is 11.7. The quantitative estimate of drug-likeness (QED) is 0.795. The molecule has 0 fully saturated rings. The first-order valence-electron chi connectivity index (χ1n) is 8.00. The molecule has 2 atom stereocenters. The third-order valence-electron chi connectivity index (χ3n) is 3.88. The molecule has 1 aromatic rings. The number of nitrogens with two attached hydrogens (primary N) is 1. The number of quaternary nitrogens is 1. The van der Waals surface area contributed by atoms with E-state index in [0.29, 0.717) is 17.9 Å². The number of likely N-dealkylation sites (N-methyl/N-ethyl adjacent to an activating group) is 1. The highest BCUT2D eigenvalue weighted by atomic mass is 16.2. The van der Waals surface area contributed by atoms with Crippen molar-refractivity contribution in [2.75, 3.05) is 7.05 Å². The molecule has 0 aliphatic rings. The van der Waals surface area contributed by atoms with Crippen molar-refractivity contribution in [3.05, 3.63) is 35.4 Å². The van der Waals surface area contributed by atoms with Crippen molar-refractivity contribution >= 4 is 5.91 Å². The Hall–Kier alpha value is -1.35. The number of benzene rings is 1. The van der Waals surface area contributed by atoms with Crippen molar-refractivity contribution in [2.45, 2.75) is 53.1 Å². The molecule has 3 N–H and O–H groups in total. The van der Waals surface area contributed by atoms with E-state index in [-0.39, 0.29) is 11.9 Å². The fourth-order valence-corrected chi connectivity index (χ4v) is 2.69. The molecular formula is C18H31N2O+. The molecule has 21 heavy (non-hydrogen) atoms. The normalized spacial score (nSPS) is 14.3. The summed E-state index contributed by atoms with van der Waals surface area (Å²) in [5.41, 5.74) is 2.68. The zero-order chi connectivity index (χ0) is 16.0. The third-order valence-corrected chi connectivity index (χ3v) is 3.88. The zero-order valence-corrected chi connectivity index (χ0v) is 14.3. The van der Waals surface area contributed by atoms with Gasteiger partial charge in [0.15, 0.2) is 6.04 Å².